The highest BCUT2D eigenvalue weighted by molar-refractivity contribution is 6.31. The molecule has 1 N–H and O–H groups in total. The molecule has 1 aliphatic heterocycles. The first-order valence-electron chi connectivity index (χ1n) is 7.58. The molecule has 0 saturated carbocycles. The number of benzene rings is 2. The van der Waals surface area contributed by atoms with Crippen LogP contribution in [0.3, 0.4) is 0 Å². The molecule has 24 heavy (non-hydrogen) atoms. The van der Waals surface area contributed by atoms with Crippen molar-refractivity contribution in [3.8, 4) is 6.07 Å². The van der Waals surface area contributed by atoms with Crippen molar-refractivity contribution < 1.29 is 4.79 Å². The molecule has 3 rings (SSSR count). The lowest BCUT2D eigenvalue weighted by molar-refractivity contribution is -0.116. The van der Waals surface area contributed by atoms with Crippen LogP contribution in [-0.4, -0.2) is 17.8 Å². The van der Waals surface area contributed by atoms with Crippen molar-refractivity contribution in [3.05, 3.63) is 76.3 Å². The van der Waals surface area contributed by atoms with Gasteiger partial charge in [-0.15, -0.1) is 0 Å². The summed E-state index contributed by atoms with van der Waals surface area (Å²) in [6.45, 7) is 0. The van der Waals surface area contributed by atoms with Gasteiger partial charge in [-0.25, -0.2) is 5.01 Å². The fourth-order valence-electron chi connectivity index (χ4n) is 2.86. The van der Waals surface area contributed by atoms with Crippen LogP contribution in [-0.2, 0) is 4.79 Å². The first-order valence-corrected chi connectivity index (χ1v) is 7.96. The Hall–Kier alpha value is -2.61. The molecule has 0 fully saturated rings. The lowest BCUT2D eigenvalue weighted by Crippen LogP contribution is -2.35. The zero-order valence-electron chi connectivity index (χ0n) is 13.2. The molecule has 120 valence electrons. The van der Waals surface area contributed by atoms with Crippen molar-refractivity contribution in [2.24, 2.45) is 0 Å². The lowest BCUT2D eigenvalue weighted by Gasteiger charge is -2.28. The van der Waals surface area contributed by atoms with Crippen LogP contribution in [0.1, 0.15) is 23.6 Å². The van der Waals surface area contributed by atoms with E-state index in [1.807, 2.05) is 60.6 Å². The summed E-state index contributed by atoms with van der Waals surface area (Å²) in [6.07, 6.45) is 0.187. The normalized spacial score (nSPS) is 18.7. The van der Waals surface area contributed by atoms with Crippen LogP contribution in [0, 0.1) is 11.3 Å². The summed E-state index contributed by atoms with van der Waals surface area (Å²) in [6, 6.07) is 18.6. The van der Waals surface area contributed by atoms with Gasteiger partial charge in [0.15, 0.2) is 5.78 Å². The highest BCUT2D eigenvalue weighted by atomic mass is 35.5. The summed E-state index contributed by atoms with van der Waals surface area (Å²) in [5.74, 6) is -0.196. The van der Waals surface area contributed by atoms with E-state index in [2.05, 4.69) is 11.5 Å². The molecule has 5 heteroatoms. The average molecular weight is 338 g/mol. The van der Waals surface area contributed by atoms with Gasteiger partial charge < -0.3 is 5.43 Å². The molecule has 0 amide bonds. The maximum absolute atomic E-state index is 12.7. The topological polar surface area (TPSA) is 56.1 Å². The third kappa shape index (κ3) is 3.05. The summed E-state index contributed by atoms with van der Waals surface area (Å²) in [5, 5.41) is 11.9. The number of hydrogen-bond acceptors (Lipinski definition) is 4. The van der Waals surface area contributed by atoms with E-state index in [-0.39, 0.29) is 23.8 Å². The number of allylic oxidation sites excluding steroid dienone is 1. The van der Waals surface area contributed by atoms with E-state index < -0.39 is 0 Å². The largest absolute Gasteiger partial charge is 0.317 e. The first kappa shape index (κ1) is 16.3. The number of nitrogens with zero attached hydrogens (tertiary/aromatic N) is 2. The van der Waals surface area contributed by atoms with Gasteiger partial charge in [-0.1, -0.05) is 60.1 Å². The highest BCUT2D eigenvalue weighted by Gasteiger charge is 2.30. The van der Waals surface area contributed by atoms with E-state index in [1.54, 1.807) is 6.07 Å². The molecule has 0 aromatic heterocycles. The standard InChI is InChI=1S/C19H16ClN3O/c1-23-17(14-9-5-6-10-16(14)20)11-18(24)15(12-21)19(22-23)13-7-3-2-4-8-13/h2-10,17,22H,11H2,1H3/t17-/m1/s1. The maximum Gasteiger partial charge on any atom is 0.177 e. The molecule has 1 heterocycles. The minimum atomic E-state index is -0.254. The second-order valence-electron chi connectivity index (χ2n) is 5.62. The van der Waals surface area contributed by atoms with Gasteiger partial charge in [-0.3, -0.25) is 4.79 Å². The number of rotatable bonds is 2. The zero-order chi connectivity index (χ0) is 17.1. The van der Waals surface area contributed by atoms with Crippen LogP contribution in [0.4, 0.5) is 0 Å². The molecule has 1 atom stereocenters. The number of nitrogens with one attached hydrogen (secondary N) is 1. The zero-order valence-corrected chi connectivity index (χ0v) is 13.9. The van der Waals surface area contributed by atoms with Gasteiger partial charge in [0.2, 0.25) is 0 Å². The minimum Gasteiger partial charge on any atom is -0.317 e. The van der Waals surface area contributed by atoms with Gasteiger partial charge in [0.05, 0.1) is 11.7 Å². The predicted molar refractivity (Wildman–Crippen MR) is 93.7 cm³/mol. The minimum absolute atomic E-state index is 0.141. The molecular formula is C19H16ClN3O. The van der Waals surface area contributed by atoms with Gasteiger partial charge in [-0.2, -0.15) is 5.26 Å². The van der Waals surface area contributed by atoms with E-state index >= 15 is 0 Å². The molecule has 0 bridgehead atoms. The monoisotopic (exact) mass is 337 g/mol. The Morgan fingerprint density at radius 3 is 2.50 bits per heavy atom. The molecule has 0 aliphatic carbocycles. The van der Waals surface area contributed by atoms with E-state index in [1.165, 1.54) is 0 Å². The van der Waals surface area contributed by atoms with Crippen molar-refractivity contribution in [1.82, 2.24) is 10.4 Å². The van der Waals surface area contributed by atoms with Crippen LogP contribution >= 0.6 is 11.6 Å². The van der Waals surface area contributed by atoms with Gasteiger partial charge >= 0.3 is 0 Å². The van der Waals surface area contributed by atoms with Crippen molar-refractivity contribution in [2.75, 3.05) is 7.05 Å². The Bertz CT molecular complexity index is 839. The quantitative estimate of drug-likeness (QED) is 0.907. The first-order chi connectivity index (χ1) is 11.6. The van der Waals surface area contributed by atoms with Crippen LogP contribution in [0.5, 0.6) is 0 Å². The molecule has 2 aromatic carbocycles. The Morgan fingerprint density at radius 2 is 1.83 bits per heavy atom. The molecule has 2 aromatic rings. The number of ketones is 1. The number of carbonyl (C=O) groups excluding carboxylic acids is 1. The highest BCUT2D eigenvalue weighted by Crippen LogP contribution is 2.33. The summed E-state index contributed by atoms with van der Waals surface area (Å²) >= 11 is 6.30. The summed E-state index contributed by atoms with van der Waals surface area (Å²) in [4.78, 5) is 12.7. The molecule has 4 nitrogen and oxygen atoms in total. The molecular weight excluding hydrogens is 322 g/mol. The fourth-order valence-corrected chi connectivity index (χ4v) is 3.12. The lowest BCUT2D eigenvalue weighted by atomic mass is 9.97. The van der Waals surface area contributed by atoms with Gasteiger partial charge in [0, 0.05) is 24.1 Å². The number of nitriles is 1. The average Bonchev–Trinajstić information content (AvgIpc) is 2.72. The van der Waals surface area contributed by atoms with Gasteiger partial charge in [-0.05, 0) is 11.6 Å². The molecule has 0 radical (unpaired) electrons. The van der Waals surface area contributed by atoms with E-state index in [0.717, 1.165) is 11.1 Å². The number of carbonyl (C=O) groups is 1. The second kappa shape index (κ2) is 6.88. The van der Waals surface area contributed by atoms with Crippen LogP contribution in [0.2, 0.25) is 5.02 Å². The number of hydrazine groups is 1. The third-order valence-corrected chi connectivity index (χ3v) is 4.45. The van der Waals surface area contributed by atoms with Crippen molar-refractivity contribution in [2.45, 2.75) is 12.5 Å². The number of hydrogen-bond donors (Lipinski definition) is 1. The SMILES string of the molecule is CN1NC(c2ccccc2)=C(C#N)C(=O)C[C@@H]1c1ccccc1Cl. The number of halogens is 1. The van der Waals surface area contributed by atoms with Gasteiger partial charge in [0.1, 0.15) is 11.6 Å². The Labute approximate surface area is 145 Å². The fraction of sp³-hybridized carbons (Fsp3) is 0.158. The van der Waals surface area contributed by atoms with Gasteiger partial charge in [0.25, 0.3) is 0 Å². The molecule has 0 unspecified atom stereocenters. The Balaban J connectivity index is 2.04. The van der Waals surface area contributed by atoms with Crippen molar-refractivity contribution in [3.63, 3.8) is 0 Å². The maximum atomic E-state index is 12.7. The van der Waals surface area contributed by atoms with E-state index in [9.17, 15) is 10.1 Å². The van der Waals surface area contributed by atoms with Crippen LogP contribution in [0.15, 0.2) is 60.2 Å². The third-order valence-electron chi connectivity index (χ3n) is 4.10. The summed E-state index contributed by atoms with van der Waals surface area (Å²) in [7, 11) is 1.85. The summed E-state index contributed by atoms with van der Waals surface area (Å²) < 4.78 is 0. The van der Waals surface area contributed by atoms with E-state index in [4.69, 9.17) is 11.6 Å². The predicted octanol–water partition coefficient (Wildman–Crippen LogP) is 3.73. The van der Waals surface area contributed by atoms with Crippen molar-refractivity contribution in [1.29, 1.82) is 5.26 Å². The van der Waals surface area contributed by atoms with Crippen LogP contribution < -0.4 is 5.43 Å². The second-order valence-corrected chi connectivity index (χ2v) is 6.02. The smallest absolute Gasteiger partial charge is 0.177 e. The Morgan fingerprint density at radius 1 is 1.17 bits per heavy atom. The molecule has 0 saturated heterocycles. The summed E-state index contributed by atoms with van der Waals surface area (Å²) in [5.41, 5.74) is 5.54. The molecule has 1 aliphatic rings. The van der Waals surface area contributed by atoms with Crippen molar-refractivity contribution >= 4 is 23.1 Å². The molecule has 0 spiro atoms. The van der Waals surface area contributed by atoms with E-state index in [0.29, 0.717) is 10.7 Å². The number of Topliss-reactive ketones (excluding diaryl/α,β-unsaturated/α-hetero) is 1. The van der Waals surface area contributed by atoms with Crippen LogP contribution in [0.25, 0.3) is 5.70 Å². The Kier molecular flexibility index (Phi) is 4.66.